The van der Waals surface area contributed by atoms with Crippen molar-refractivity contribution >= 4 is 11.3 Å². The maximum Gasteiger partial charge on any atom is 0.0771 e. The lowest BCUT2D eigenvalue weighted by Crippen LogP contribution is -2.22. The van der Waals surface area contributed by atoms with E-state index in [4.69, 9.17) is 5.11 Å². The number of hydrogen-bond donors (Lipinski definition) is 1. The maximum atomic E-state index is 8.65. The first kappa shape index (κ1) is 14.2. The molecule has 0 bridgehead atoms. The number of thiophene rings is 1. The van der Waals surface area contributed by atoms with Crippen LogP contribution in [0.15, 0.2) is 12.1 Å². The first-order valence-electron chi connectivity index (χ1n) is 6.21. The smallest absolute Gasteiger partial charge is 0.0771 e. The van der Waals surface area contributed by atoms with Crippen LogP contribution < -0.4 is 0 Å². The van der Waals surface area contributed by atoms with Crippen LogP contribution in [0.2, 0.25) is 0 Å². The van der Waals surface area contributed by atoms with Gasteiger partial charge in [-0.2, -0.15) is 0 Å². The molecule has 2 nitrogen and oxygen atoms in total. The molecule has 0 unspecified atom stereocenters. The van der Waals surface area contributed by atoms with Crippen LogP contribution >= 0.6 is 11.3 Å². The molecule has 1 aromatic rings. The van der Waals surface area contributed by atoms with Gasteiger partial charge in [-0.05, 0) is 31.6 Å². The van der Waals surface area contributed by atoms with E-state index in [2.05, 4.69) is 42.7 Å². The average Bonchev–Trinajstić information content (AvgIpc) is 2.77. The Hall–Kier alpha value is -0.820. The standard InChI is InChI=1S/C14H21NOS/c1-3-10-15(4-2)12-14-9-8-13(17-14)7-5-6-11-16/h8-9,16H,3-4,6,10-12H2,1-2H3. The van der Waals surface area contributed by atoms with Crippen molar-refractivity contribution in [2.45, 2.75) is 33.2 Å². The summed E-state index contributed by atoms with van der Waals surface area (Å²) in [6.45, 7) is 7.83. The third-order valence-corrected chi connectivity index (χ3v) is 3.46. The van der Waals surface area contributed by atoms with Gasteiger partial charge in [0.2, 0.25) is 0 Å². The van der Waals surface area contributed by atoms with E-state index in [9.17, 15) is 0 Å². The number of rotatable bonds is 6. The topological polar surface area (TPSA) is 23.5 Å². The third kappa shape index (κ3) is 5.36. The summed E-state index contributed by atoms with van der Waals surface area (Å²) in [6.07, 6.45) is 1.76. The predicted molar refractivity (Wildman–Crippen MR) is 74.1 cm³/mol. The zero-order valence-corrected chi connectivity index (χ0v) is 11.5. The van der Waals surface area contributed by atoms with Gasteiger partial charge in [-0.15, -0.1) is 11.3 Å². The zero-order valence-electron chi connectivity index (χ0n) is 10.7. The van der Waals surface area contributed by atoms with Crippen molar-refractivity contribution in [3.8, 4) is 11.8 Å². The lowest BCUT2D eigenvalue weighted by molar-refractivity contribution is 0.283. The molecule has 0 radical (unpaired) electrons. The Labute approximate surface area is 108 Å². The Morgan fingerprint density at radius 2 is 2.18 bits per heavy atom. The first-order valence-corrected chi connectivity index (χ1v) is 7.02. The van der Waals surface area contributed by atoms with Crippen LogP contribution in [-0.4, -0.2) is 29.7 Å². The van der Waals surface area contributed by atoms with Crippen molar-refractivity contribution in [1.29, 1.82) is 0 Å². The van der Waals surface area contributed by atoms with E-state index in [0.717, 1.165) is 24.5 Å². The first-order chi connectivity index (χ1) is 8.30. The quantitative estimate of drug-likeness (QED) is 0.786. The van der Waals surface area contributed by atoms with Crippen molar-refractivity contribution in [3.63, 3.8) is 0 Å². The van der Waals surface area contributed by atoms with E-state index in [-0.39, 0.29) is 6.61 Å². The Morgan fingerprint density at radius 1 is 1.35 bits per heavy atom. The van der Waals surface area contributed by atoms with Gasteiger partial charge in [-0.3, -0.25) is 4.90 Å². The van der Waals surface area contributed by atoms with Gasteiger partial charge in [-0.1, -0.05) is 25.7 Å². The molecule has 0 amide bonds. The number of hydrogen-bond acceptors (Lipinski definition) is 3. The molecule has 0 spiro atoms. The summed E-state index contributed by atoms with van der Waals surface area (Å²) < 4.78 is 0. The number of aliphatic hydroxyl groups excluding tert-OH is 1. The molecular weight excluding hydrogens is 230 g/mol. The normalized spacial score (nSPS) is 10.4. The summed E-state index contributed by atoms with van der Waals surface area (Å²) in [5, 5.41) is 8.65. The van der Waals surface area contributed by atoms with Crippen molar-refractivity contribution in [2.75, 3.05) is 19.7 Å². The van der Waals surface area contributed by atoms with Gasteiger partial charge >= 0.3 is 0 Å². The monoisotopic (exact) mass is 251 g/mol. The molecule has 3 heteroatoms. The van der Waals surface area contributed by atoms with Crippen LogP contribution in [0.1, 0.15) is 36.4 Å². The molecule has 94 valence electrons. The molecule has 0 saturated carbocycles. The van der Waals surface area contributed by atoms with Crippen LogP contribution in [0.5, 0.6) is 0 Å². The largest absolute Gasteiger partial charge is 0.395 e. The Morgan fingerprint density at radius 3 is 2.82 bits per heavy atom. The van der Waals surface area contributed by atoms with Crippen molar-refractivity contribution in [1.82, 2.24) is 4.90 Å². The second-order valence-electron chi connectivity index (χ2n) is 3.91. The van der Waals surface area contributed by atoms with Gasteiger partial charge in [0.15, 0.2) is 0 Å². The summed E-state index contributed by atoms with van der Waals surface area (Å²) in [6, 6.07) is 4.23. The average molecular weight is 251 g/mol. The van der Waals surface area contributed by atoms with Crippen molar-refractivity contribution < 1.29 is 5.11 Å². The number of nitrogens with zero attached hydrogens (tertiary/aromatic N) is 1. The summed E-state index contributed by atoms with van der Waals surface area (Å²) in [5.41, 5.74) is 0. The molecule has 0 aliphatic carbocycles. The SMILES string of the molecule is CCCN(CC)Cc1ccc(C#CCCO)s1. The fourth-order valence-corrected chi connectivity index (χ4v) is 2.55. The minimum atomic E-state index is 0.144. The minimum absolute atomic E-state index is 0.144. The van der Waals surface area contributed by atoms with E-state index in [1.54, 1.807) is 11.3 Å². The van der Waals surface area contributed by atoms with Gasteiger partial charge in [0.1, 0.15) is 0 Å². The molecule has 1 rings (SSSR count). The third-order valence-electron chi connectivity index (χ3n) is 2.48. The molecule has 0 aliphatic heterocycles. The Kier molecular flexibility index (Phi) is 6.95. The van der Waals surface area contributed by atoms with Crippen LogP contribution in [0, 0.1) is 11.8 Å². The van der Waals surface area contributed by atoms with Gasteiger partial charge < -0.3 is 5.11 Å². The fourth-order valence-electron chi connectivity index (χ4n) is 1.62. The molecule has 0 aromatic carbocycles. The second-order valence-corrected chi connectivity index (χ2v) is 5.08. The Balaban J connectivity index is 2.53. The predicted octanol–water partition coefficient (Wildman–Crippen LogP) is 2.71. The van der Waals surface area contributed by atoms with Gasteiger partial charge in [0.25, 0.3) is 0 Å². The summed E-state index contributed by atoms with van der Waals surface area (Å²) >= 11 is 1.76. The highest BCUT2D eigenvalue weighted by Gasteiger charge is 2.04. The van der Waals surface area contributed by atoms with Crippen LogP contribution in [0.4, 0.5) is 0 Å². The second kappa shape index (κ2) is 8.30. The summed E-state index contributed by atoms with van der Waals surface area (Å²) in [4.78, 5) is 4.91. The molecule has 0 atom stereocenters. The molecule has 1 heterocycles. The van der Waals surface area contributed by atoms with E-state index in [1.165, 1.54) is 11.3 Å². The van der Waals surface area contributed by atoms with Gasteiger partial charge in [0, 0.05) is 17.8 Å². The van der Waals surface area contributed by atoms with Gasteiger partial charge in [-0.25, -0.2) is 0 Å². The Bertz CT molecular complexity index is 375. The summed E-state index contributed by atoms with van der Waals surface area (Å²) in [7, 11) is 0. The van der Waals surface area contributed by atoms with Crippen molar-refractivity contribution in [2.24, 2.45) is 0 Å². The zero-order chi connectivity index (χ0) is 12.5. The molecule has 17 heavy (non-hydrogen) atoms. The van der Waals surface area contributed by atoms with E-state index in [1.807, 2.05) is 0 Å². The molecular formula is C14H21NOS. The van der Waals surface area contributed by atoms with Crippen LogP contribution in [0.25, 0.3) is 0 Å². The highest BCUT2D eigenvalue weighted by molar-refractivity contribution is 7.12. The van der Waals surface area contributed by atoms with E-state index in [0.29, 0.717) is 6.42 Å². The highest BCUT2D eigenvalue weighted by atomic mass is 32.1. The van der Waals surface area contributed by atoms with Gasteiger partial charge in [0.05, 0.1) is 11.5 Å². The lowest BCUT2D eigenvalue weighted by Gasteiger charge is -2.18. The lowest BCUT2D eigenvalue weighted by atomic mass is 10.3. The van der Waals surface area contributed by atoms with Crippen molar-refractivity contribution in [3.05, 3.63) is 21.9 Å². The maximum absolute atomic E-state index is 8.65. The molecule has 0 saturated heterocycles. The molecule has 0 aliphatic rings. The van der Waals surface area contributed by atoms with Crippen LogP contribution in [-0.2, 0) is 6.54 Å². The molecule has 0 fully saturated rings. The molecule has 1 N–H and O–H groups in total. The fraction of sp³-hybridized carbons (Fsp3) is 0.571. The van der Waals surface area contributed by atoms with E-state index >= 15 is 0 Å². The minimum Gasteiger partial charge on any atom is -0.395 e. The summed E-state index contributed by atoms with van der Waals surface area (Å²) in [5.74, 6) is 6.03. The van der Waals surface area contributed by atoms with Crippen LogP contribution in [0.3, 0.4) is 0 Å². The van der Waals surface area contributed by atoms with E-state index < -0.39 is 0 Å². The highest BCUT2D eigenvalue weighted by Crippen LogP contribution is 2.17. The molecule has 1 aromatic heterocycles. The number of aliphatic hydroxyl groups is 1.